The zero-order valence-electron chi connectivity index (χ0n) is 17.8. The van der Waals surface area contributed by atoms with Gasteiger partial charge in [-0.1, -0.05) is 35.6 Å². The van der Waals surface area contributed by atoms with Crippen LogP contribution in [0.1, 0.15) is 16.1 Å². The van der Waals surface area contributed by atoms with Gasteiger partial charge in [-0.2, -0.15) is 0 Å². The van der Waals surface area contributed by atoms with E-state index in [1.807, 2.05) is 60.7 Å². The van der Waals surface area contributed by atoms with E-state index in [1.54, 1.807) is 42.5 Å². The average Bonchev–Trinajstić information content (AvgIpc) is 3.52. The number of methoxy groups -OCH3 is 1. The first-order chi connectivity index (χ1) is 16.2. The SMILES string of the molecule is COc1ccc2nc(N(Cc3ccco3)C(=O)c3cccc(Oc4ccccc4)c3)sc2c1. The van der Waals surface area contributed by atoms with Gasteiger partial charge >= 0.3 is 0 Å². The maximum atomic E-state index is 13.6. The monoisotopic (exact) mass is 456 g/mol. The first-order valence-corrected chi connectivity index (χ1v) is 11.1. The number of fused-ring (bicyclic) bond motifs is 1. The Balaban J connectivity index is 1.49. The fourth-order valence-corrected chi connectivity index (χ4v) is 4.38. The number of nitrogens with zero attached hydrogens (tertiary/aromatic N) is 2. The Bertz CT molecular complexity index is 1380. The summed E-state index contributed by atoms with van der Waals surface area (Å²) in [6.45, 7) is 0.257. The van der Waals surface area contributed by atoms with Crippen LogP contribution in [0.4, 0.5) is 5.13 Å². The first kappa shape index (κ1) is 20.8. The summed E-state index contributed by atoms with van der Waals surface area (Å²) in [7, 11) is 1.63. The molecule has 6 nitrogen and oxygen atoms in total. The summed E-state index contributed by atoms with van der Waals surface area (Å²) in [5.41, 5.74) is 1.29. The van der Waals surface area contributed by atoms with Gasteiger partial charge in [0.15, 0.2) is 5.13 Å². The Morgan fingerprint density at radius 2 is 1.79 bits per heavy atom. The van der Waals surface area contributed by atoms with Crippen molar-refractivity contribution in [3.8, 4) is 17.2 Å². The standard InChI is InChI=1S/C26H20N2O4S/c1-30-20-12-13-23-24(16-20)33-26(27-23)28(17-22-11-6-14-31-22)25(29)18-7-5-10-21(15-18)32-19-8-3-2-4-9-19/h2-16H,17H2,1H3. The van der Waals surface area contributed by atoms with Crippen LogP contribution in [-0.2, 0) is 6.54 Å². The maximum Gasteiger partial charge on any atom is 0.260 e. The van der Waals surface area contributed by atoms with Crippen molar-refractivity contribution in [2.24, 2.45) is 0 Å². The molecule has 2 heterocycles. The molecule has 2 aromatic heterocycles. The number of furan rings is 1. The van der Waals surface area contributed by atoms with Crippen LogP contribution in [0.3, 0.4) is 0 Å². The van der Waals surface area contributed by atoms with Gasteiger partial charge in [-0.05, 0) is 60.7 Å². The first-order valence-electron chi connectivity index (χ1n) is 10.3. The van der Waals surface area contributed by atoms with Crippen molar-refractivity contribution in [1.82, 2.24) is 4.98 Å². The molecular formula is C26H20N2O4S. The molecule has 0 atom stereocenters. The van der Waals surface area contributed by atoms with Crippen LogP contribution >= 0.6 is 11.3 Å². The van der Waals surface area contributed by atoms with Crippen molar-refractivity contribution in [1.29, 1.82) is 0 Å². The number of benzene rings is 3. The van der Waals surface area contributed by atoms with E-state index in [1.165, 1.54) is 11.3 Å². The second kappa shape index (κ2) is 9.18. The fraction of sp³-hybridized carbons (Fsp3) is 0.0769. The van der Waals surface area contributed by atoms with Gasteiger partial charge in [-0.25, -0.2) is 4.98 Å². The smallest absolute Gasteiger partial charge is 0.260 e. The summed E-state index contributed by atoms with van der Waals surface area (Å²) in [5.74, 6) is 2.49. The van der Waals surface area contributed by atoms with Crippen molar-refractivity contribution < 1.29 is 18.7 Å². The minimum absolute atomic E-state index is 0.198. The fourth-order valence-electron chi connectivity index (χ4n) is 3.39. The van der Waals surface area contributed by atoms with Crippen LogP contribution in [0.5, 0.6) is 17.2 Å². The van der Waals surface area contributed by atoms with Crippen LogP contribution < -0.4 is 14.4 Å². The van der Waals surface area contributed by atoms with Gasteiger partial charge in [-0.15, -0.1) is 0 Å². The molecule has 5 aromatic rings. The number of carbonyl (C=O) groups is 1. The molecule has 0 aliphatic heterocycles. The van der Waals surface area contributed by atoms with Gasteiger partial charge in [0.05, 0.1) is 30.1 Å². The highest BCUT2D eigenvalue weighted by Gasteiger charge is 2.23. The minimum Gasteiger partial charge on any atom is -0.497 e. The lowest BCUT2D eigenvalue weighted by molar-refractivity contribution is 0.0983. The normalized spacial score (nSPS) is 10.8. The van der Waals surface area contributed by atoms with E-state index >= 15 is 0 Å². The Morgan fingerprint density at radius 1 is 0.939 bits per heavy atom. The molecule has 0 saturated carbocycles. The van der Waals surface area contributed by atoms with E-state index in [-0.39, 0.29) is 12.5 Å². The van der Waals surface area contributed by atoms with E-state index in [0.29, 0.717) is 28.0 Å². The van der Waals surface area contributed by atoms with Crippen molar-refractivity contribution >= 4 is 32.6 Å². The van der Waals surface area contributed by atoms with E-state index in [4.69, 9.17) is 18.9 Å². The molecule has 0 fully saturated rings. The largest absolute Gasteiger partial charge is 0.497 e. The zero-order valence-corrected chi connectivity index (χ0v) is 18.6. The highest BCUT2D eigenvalue weighted by atomic mass is 32.1. The molecule has 33 heavy (non-hydrogen) atoms. The summed E-state index contributed by atoms with van der Waals surface area (Å²) in [6, 6.07) is 25.9. The highest BCUT2D eigenvalue weighted by Crippen LogP contribution is 2.33. The third-order valence-electron chi connectivity index (χ3n) is 5.01. The second-order valence-electron chi connectivity index (χ2n) is 7.24. The van der Waals surface area contributed by atoms with Gasteiger partial charge < -0.3 is 13.9 Å². The topological polar surface area (TPSA) is 64.8 Å². The van der Waals surface area contributed by atoms with Gasteiger partial charge in [0.2, 0.25) is 0 Å². The Hall–Kier alpha value is -4.10. The summed E-state index contributed by atoms with van der Waals surface area (Å²) in [6.07, 6.45) is 1.59. The number of ether oxygens (including phenoxy) is 2. The summed E-state index contributed by atoms with van der Waals surface area (Å²) >= 11 is 1.43. The molecule has 7 heteroatoms. The number of thiazole rings is 1. The van der Waals surface area contributed by atoms with Crippen LogP contribution in [0.15, 0.2) is 95.6 Å². The predicted octanol–water partition coefficient (Wildman–Crippen LogP) is 6.54. The van der Waals surface area contributed by atoms with E-state index in [2.05, 4.69) is 0 Å². The summed E-state index contributed by atoms with van der Waals surface area (Å²) in [4.78, 5) is 20.0. The molecule has 0 bridgehead atoms. The third-order valence-corrected chi connectivity index (χ3v) is 6.06. The number of hydrogen-bond acceptors (Lipinski definition) is 6. The molecule has 0 spiro atoms. The molecule has 0 N–H and O–H groups in total. The number of rotatable bonds is 7. The number of hydrogen-bond donors (Lipinski definition) is 0. The summed E-state index contributed by atoms with van der Waals surface area (Å²) in [5, 5.41) is 0.578. The number of carbonyl (C=O) groups excluding carboxylic acids is 1. The molecule has 1 amide bonds. The molecule has 164 valence electrons. The lowest BCUT2D eigenvalue weighted by atomic mass is 10.2. The molecule has 3 aromatic carbocycles. The molecule has 0 aliphatic rings. The van der Waals surface area contributed by atoms with Gasteiger partial charge in [0.1, 0.15) is 23.0 Å². The molecule has 0 saturated heterocycles. The van der Waals surface area contributed by atoms with Crippen LogP contribution in [0.2, 0.25) is 0 Å². The second-order valence-corrected chi connectivity index (χ2v) is 8.25. The average molecular weight is 457 g/mol. The number of amides is 1. The number of anilines is 1. The van der Waals surface area contributed by atoms with Crippen molar-refractivity contribution in [3.63, 3.8) is 0 Å². The Kier molecular flexibility index (Phi) is 5.78. The van der Waals surface area contributed by atoms with Crippen LogP contribution in [0.25, 0.3) is 10.2 Å². The van der Waals surface area contributed by atoms with E-state index < -0.39 is 0 Å². The van der Waals surface area contributed by atoms with Crippen molar-refractivity contribution in [3.05, 3.63) is 103 Å². The van der Waals surface area contributed by atoms with Crippen LogP contribution in [-0.4, -0.2) is 18.0 Å². The highest BCUT2D eigenvalue weighted by molar-refractivity contribution is 7.22. The lowest BCUT2D eigenvalue weighted by Gasteiger charge is -2.19. The zero-order chi connectivity index (χ0) is 22.6. The molecule has 5 rings (SSSR count). The van der Waals surface area contributed by atoms with Crippen molar-refractivity contribution in [2.45, 2.75) is 6.54 Å². The van der Waals surface area contributed by atoms with Gasteiger partial charge in [0, 0.05) is 5.56 Å². The minimum atomic E-state index is -0.198. The maximum absolute atomic E-state index is 13.6. The summed E-state index contributed by atoms with van der Waals surface area (Å²) < 4.78 is 17.7. The van der Waals surface area contributed by atoms with Gasteiger partial charge in [0.25, 0.3) is 5.91 Å². The number of aromatic nitrogens is 1. The van der Waals surface area contributed by atoms with E-state index in [0.717, 1.165) is 16.0 Å². The molecule has 0 radical (unpaired) electrons. The van der Waals surface area contributed by atoms with Gasteiger partial charge in [-0.3, -0.25) is 9.69 Å². The molecule has 0 aliphatic carbocycles. The third kappa shape index (κ3) is 4.58. The number of para-hydroxylation sites is 1. The van der Waals surface area contributed by atoms with Crippen molar-refractivity contribution in [2.75, 3.05) is 12.0 Å². The Labute approximate surface area is 194 Å². The lowest BCUT2D eigenvalue weighted by Crippen LogP contribution is -2.30. The Morgan fingerprint density at radius 3 is 2.58 bits per heavy atom. The van der Waals surface area contributed by atoms with Crippen LogP contribution in [0, 0.1) is 0 Å². The van der Waals surface area contributed by atoms with E-state index in [9.17, 15) is 4.79 Å². The molecule has 0 unspecified atom stereocenters. The predicted molar refractivity (Wildman–Crippen MR) is 128 cm³/mol. The quantitative estimate of drug-likeness (QED) is 0.278. The molecular weight excluding hydrogens is 436 g/mol.